The van der Waals surface area contributed by atoms with Crippen LogP contribution in [0.25, 0.3) is 22.2 Å². The van der Waals surface area contributed by atoms with Crippen molar-refractivity contribution in [2.24, 2.45) is 0 Å². The molecule has 2 aromatic heterocycles. The summed E-state index contributed by atoms with van der Waals surface area (Å²) >= 11 is 0. The molecule has 0 unspecified atom stereocenters. The van der Waals surface area contributed by atoms with Gasteiger partial charge in [-0.1, -0.05) is 41.8 Å². The largest absolute Gasteiger partial charge is 0.457 e. The molecule has 0 spiro atoms. The molecule has 9 heteroatoms. The SMILES string of the molecule is CC#CC(=O)NNC(=O)C=C1CCC(n2cc(-c3ccc(Oc4ccccc4)cc3)c3c(N)ncnc32)CC1. The molecule has 0 aliphatic heterocycles. The van der Waals surface area contributed by atoms with Crippen LogP contribution in [0.2, 0.25) is 0 Å². The molecule has 39 heavy (non-hydrogen) atoms. The number of nitrogens with one attached hydrogen (secondary N) is 2. The third kappa shape index (κ3) is 5.91. The molecule has 0 bridgehead atoms. The van der Waals surface area contributed by atoms with Crippen molar-refractivity contribution < 1.29 is 14.3 Å². The summed E-state index contributed by atoms with van der Waals surface area (Å²) < 4.78 is 8.12. The first kappa shape index (κ1) is 25.5. The van der Waals surface area contributed by atoms with Crippen molar-refractivity contribution >= 4 is 28.7 Å². The summed E-state index contributed by atoms with van der Waals surface area (Å²) in [5, 5.41) is 0.820. The lowest BCUT2D eigenvalue weighted by molar-refractivity contribution is -0.123. The van der Waals surface area contributed by atoms with Crippen molar-refractivity contribution in [3.8, 4) is 34.5 Å². The number of benzene rings is 2. The normalized spacial score (nSPS) is 14.7. The van der Waals surface area contributed by atoms with E-state index in [4.69, 9.17) is 10.5 Å². The number of anilines is 1. The number of hydrazine groups is 1. The molecule has 4 aromatic rings. The fourth-order valence-electron chi connectivity index (χ4n) is 4.81. The summed E-state index contributed by atoms with van der Waals surface area (Å²) in [4.78, 5) is 32.4. The number of allylic oxidation sites excluding steroid dienone is 1. The topological polar surface area (TPSA) is 124 Å². The Balaban J connectivity index is 1.33. The van der Waals surface area contributed by atoms with E-state index in [1.54, 1.807) is 13.0 Å². The van der Waals surface area contributed by atoms with E-state index in [0.29, 0.717) is 5.82 Å². The first-order valence-electron chi connectivity index (χ1n) is 12.7. The van der Waals surface area contributed by atoms with Crippen LogP contribution in [-0.2, 0) is 9.59 Å². The van der Waals surface area contributed by atoms with Gasteiger partial charge in [-0.3, -0.25) is 20.4 Å². The van der Waals surface area contributed by atoms with Crippen molar-refractivity contribution in [3.63, 3.8) is 0 Å². The molecule has 1 aliphatic rings. The van der Waals surface area contributed by atoms with E-state index in [0.717, 1.165) is 64.9 Å². The van der Waals surface area contributed by atoms with Gasteiger partial charge in [0.1, 0.15) is 29.3 Å². The molecular weight excluding hydrogens is 492 g/mol. The number of hydrogen-bond acceptors (Lipinski definition) is 6. The number of aromatic nitrogens is 3. The highest BCUT2D eigenvalue weighted by atomic mass is 16.5. The Bertz CT molecular complexity index is 1590. The quantitative estimate of drug-likeness (QED) is 0.199. The molecule has 2 heterocycles. The van der Waals surface area contributed by atoms with Gasteiger partial charge in [-0.2, -0.15) is 0 Å². The summed E-state index contributed by atoms with van der Waals surface area (Å²) in [6, 6.07) is 17.7. The first-order chi connectivity index (χ1) is 19.0. The number of rotatable bonds is 5. The first-order valence-corrected chi connectivity index (χ1v) is 12.7. The Morgan fingerprint density at radius 1 is 1.03 bits per heavy atom. The number of carbonyl (C=O) groups is 2. The molecule has 4 N–H and O–H groups in total. The molecule has 196 valence electrons. The van der Waals surface area contributed by atoms with E-state index < -0.39 is 5.91 Å². The van der Waals surface area contributed by atoms with Crippen LogP contribution >= 0.6 is 0 Å². The van der Waals surface area contributed by atoms with Crippen molar-refractivity contribution in [1.82, 2.24) is 25.4 Å². The Morgan fingerprint density at radius 2 is 1.74 bits per heavy atom. The second-order valence-corrected chi connectivity index (χ2v) is 9.20. The zero-order chi connectivity index (χ0) is 27.2. The van der Waals surface area contributed by atoms with Crippen molar-refractivity contribution in [1.29, 1.82) is 0 Å². The number of nitrogens with zero attached hydrogens (tertiary/aromatic N) is 3. The highest BCUT2D eigenvalue weighted by Gasteiger charge is 2.24. The molecule has 1 fully saturated rings. The van der Waals surface area contributed by atoms with Crippen molar-refractivity contribution in [2.75, 3.05) is 5.73 Å². The summed E-state index contributed by atoms with van der Waals surface area (Å²) in [6.45, 7) is 1.55. The Hall–Kier alpha value is -5.10. The molecule has 2 aromatic carbocycles. The van der Waals surface area contributed by atoms with Gasteiger partial charge in [0, 0.05) is 23.9 Å². The van der Waals surface area contributed by atoms with E-state index in [9.17, 15) is 9.59 Å². The second-order valence-electron chi connectivity index (χ2n) is 9.20. The summed E-state index contributed by atoms with van der Waals surface area (Å²) in [5.41, 5.74) is 14.7. The lowest BCUT2D eigenvalue weighted by Gasteiger charge is -2.25. The minimum absolute atomic E-state index is 0.191. The van der Waals surface area contributed by atoms with Gasteiger partial charge >= 0.3 is 5.91 Å². The molecule has 0 atom stereocenters. The van der Waals surface area contributed by atoms with Gasteiger partial charge in [0.15, 0.2) is 0 Å². The van der Waals surface area contributed by atoms with Crippen LogP contribution in [0.3, 0.4) is 0 Å². The Labute approximate surface area is 226 Å². The van der Waals surface area contributed by atoms with Gasteiger partial charge < -0.3 is 15.0 Å². The fourth-order valence-corrected chi connectivity index (χ4v) is 4.81. The molecule has 9 nitrogen and oxygen atoms in total. The average molecular weight is 521 g/mol. The zero-order valence-electron chi connectivity index (χ0n) is 21.5. The molecule has 2 amide bonds. The number of ether oxygens (including phenoxy) is 1. The zero-order valence-corrected chi connectivity index (χ0v) is 21.5. The summed E-state index contributed by atoms with van der Waals surface area (Å²) in [5.74, 6) is 5.81. The number of hydrogen-bond donors (Lipinski definition) is 3. The van der Waals surface area contributed by atoms with Crippen molar-refractivity contribution in [3.05, 3.63) is 78.8 Å². The van der Waals surface area contributed by atoms with E-state index in [2.05, 4.69) is 43.4 Å². The Kier molecular flexibility index (Phi) is 7.55. The fraction of sp³-hybridized carbons (Fsp3) is 0.200. The number of amides is 2. The minimum Gasteiger partial charge on any atom is -0.457 e. The third-order valence-corrected chi connectivity index (χ3v) is 6.65. The highest BCUT2D eigenvalue weighted by molar-refractivity contribution is 6.00. The van der Waals surface area contributed by atoms with Gasteiger partial charge in [0.25, 0.3) is 5.91 Å². The lowest BCUT2D eigenvalue weighted by Crippen LogP contribution is -2.40. The highest BCUT2D eigenvalue weighted by Crippen LogP contribution is 2.39. The van der Waals surface area contributed by atoms with E-state index in [1.807, 2.05) is 54.6 Å². The van der Waals surface area contributed by atoms with Crippen LogP contribution in [0.5, 0.6) is 11.5 Å². The van der Waals surface area contributed by atoms with Crippen LogP contribution in [0, 0.1) is 11.8 Å². The number of nitrogen functional groups attached to an aromatic ring is 1. The molecule has 0 radical (unpaired) electrons. The van der Waals surface area contributed by atoms with E-state index in [1.165, 1.54) is 6.33 Å². The average Bonchev–Trinajstić information content (AvgIpc) is 3.35. The minimum atomic E-state index is -0.553. The lowest BCUT2D eigenvalue weighted by atomic mass is 9.90. The van der Waals surface area contributed by atoms with Crippen molar-refractivity contribution in [2.45, 2.75) is 38.6 Å². The number of carbonyl (C=O) groups excluding carboxylic acids is 2. The summed E-state index contributed by atoms with van der Waals surface area (Å²) in [7, 11) is 0. The maximum absolute atomic E-state index is 12.2. The predicted octanol–water partition coefficient (Wildman–Crippen LogP) is 4.69. The molecule has 1 aliphatic carbocycles. The van der Waals surface area contributed by atoms with Gasteiger partial charge in [-0.05, 0) is 68.4 Å². The second kappa shape index (κ2) is 11.5. The van der Waals surface area contributed by atoms with Crippen LogP contribution < -0.4 is 21.3 Å². The van der Waals surface area contributed by atoms with Gasteiger partial charge in [-0.25, -0.2) is 9.97 Å². The van der Waals surface area contributed by atoms with Crippen LogP contribution in [0.15, 0.2) is 78.8 Å². The monoisotopic (exact) mass is 520 g/mol. The van der Waals surface area contributed by atoms with Gasteiger partial charge in [-0.15, -0.1) is 0 Å². The van der Waals surface area contributed by atoms with Gasteiger partial charge in [0.2, 0.25) is 0 Å². The Morgan fingerprint density at radius 3 is 2.46 bits per heavy atom. The molecular formula is C30H28N6O3. The van der Waals surface area contributed by atoms with Crippen LogP contribution in [-0.4, -0.2) is 26.3 Å². The smallest absolute Gasteiger partial charge is 0.314 e. The molecule has 0 saturated heterocycles. The third-order valence-electron chi connectivity index (χ3n) is 6.65. The molecule has 1 saturated carbocycles. The standard InChI is InChI=1S/C30H28N6O3/c1-2-6-26(37)34-35-27(38)17-20-9-13-22(14-10-20)36-18-25(28-29(31)32-19-33-30(28)36)21-11-15-24(16-12-21)39-23-7-4-3-5-8-23/h3-5,7-8,11-12,15-19,22H,9-10,13-14H2,1H3,(H,34,37)(H,35,38)(H2,31,32,33). The van der Waals surface area contributed by atoms with Crippen LogP contribution in [0.1, 0.15) is 38.6 Å². The van der Waals surface area contributed by atoms with E-state index in [-0.39, 0.29) is 11.9 Å². The van der Waals surface area contributed by atoms with E-state index >= 15 is 0 Å². The number of fused-ring (bicyclic) bond motifs is 1. The number of para-hydroxylation sites is 1. The summed E-state index contributed by atoms with van der Waals surface area (Å²) in [6.07, 6.45) is 8.31. The maximum Gasteiger partial charge on any atom is 0.314 e. The van der Waals surface area contributed by atoms with Crippen LogP contribution in [0.4, 0.5) is 5.82 Å². The molecule has 5 rings (SSSR count). The maximum atomic E-state index is 12.2. The van der Waals surface area contributed by atoms with Gasteiger partial charge in [0.05, 0.1) is 5.39 Å². The predicted molar refractivity (Wildman–Crippen MR) is 149 cm³/mol. The number of nitrogens with two attached hydrogens (primary N) is 1.